The number of fused-ring (bicyclic) bond motifs is 1. The van der Waals surface area contributed by atoms with E-state index in [0.29, 0.717) is 22.6 Å². The van der Waals surface area contributed by atoms with Gasteiger partial charge in [-0.2, -0.15) is 5.26 Å². The zero-order chi connectivity index (χ0) is 22.3. The molecule has 0 saturated carbocycles. The smallest absolute Gasteiger partial charge is 0.135 e. The van der Waals surface area contributed by atoms with E-state index in [1.165, 1.54) is 16.8 Å². The van der Waals surface area contributed by atoms with Crippen LogP contribution in [0.4, 0.5) is 11.5 Å². The third kappa shape index (κ3) is 3.89. The van der Waals surface area contributed by atoms with E-state index in [-0.39, 0.29) is 5.92 Å². The lowest BCUT2D eigenvalue weighted by molar-refractivity contribution is 0.273. The van der Waals surface area contributed by atoms with Crippen molar-refractivity contribution in [3.8, 4) is 6.07 Å². The van der Waals surface area contributed by atoms with Crippen LogP contribution in [0.2, 0.25) is 0 Å². The molecule has 1 saturated heterocycles. The van der Waals surface area contributed by atoms with Crippen molar-refractivity contribution in [1.82, 2.24) is 9.97 Å². The molecule has 2 aliphatic rings. The lowest BCUT2D eigenvalue weighted by Gasteiger charge is -2.47. The Kier molecular flexibility index (Phi) is 5.68. The first-order valence-corrected chi connectivity index (χ1v) is 11.7. The number of nitrogens with two attached hydrogens (primary N) is 1. The molecular weight excluding hydrogens is 382 g/mol. The van der Waals surface area contributed by atoms with Crippen molar-refractivity contribution in [2.45, 2.75) is 78.6 Å². The van der Waals surface area contributed by atoms with Crippen molar-refractivity contribution in [2.24, 2.45) is 5.41 Å². The van der Waals surface area contributed by atoms with E-state index in [4.69, 9.17) is 15.7 Å². The summed E-state index contributed by atoms with van der Waals surface area (Å²) in [6.07, 6.45) is 4.70. The third-order valence-corrected chi connectivity index (χ3v) is 7.13. The monoisotopic (exact) mass is 417 g/mol. The first kappa shape index (κ1) is 21.6. The molecule has 2 aromatic rings. The molecule has 5 nitrogen and oxygen atoms in total. The number of benzene rings is 1. The van der Waals surface area contributed by atoms with Crippen molar-refractivity contribution in [1.29, 1.82) is 5.26 Å². The molecule has 0 bridgehead atoms. The van der Waals surface area contributed by atoms with Crippen LogP contribution in [0.5, 0.6) is 0 Å². The van der Waals surface area contributed by atoms with Crippen molar-refractivity contribution in [3.05, 3.63) is 45.9 Å². The summed E-state index contributed by atoms with van der Waals surface area (Å²) in [5.41, 5.74) is 12.8. The Morgan fingerprint density at radius 2 is 2.00 bits per heavy atom. The van der Waals surface area contributed by atoms with Crippen LogP contribution in [0.15, 0.2) is 12.1 Å². The van der Waals surface area contributed by atoms with Gasteiger partial charge in [-0.1, -0.05) is 40.7 Å². The maximum atomic E-state index is 9.93. The standard InChI is InChI=1S/C26H35N5/c1-6-16(3)18-10-11-21(28)20(13-27)24(18)17-8-9-19-22(12-17)29-23(7-2)30-25(19)31-14-26(4,5)15-31/h10-11,16-17H,6-9,12,14-15,28H2,1-5H3. The van der Waals surface area contributed by atoms with Crippen molar-refractivity contribution < 1.29 is 0 Å². The van der Waals surface area contributed by atoms with Gasteiger partial charge < -0.3 is 10.6 Å². The van der Waals surface area contributed by atoms with Crippen molar-refractivity contribution in [2.75, 3.05) is 23.7 Å². The number of hydrogen-bond acceptors (Lipinski definition) is 5. The first-order valence-electron chi connectivity index (χ1n) is 11.7. The zero-order valence-corrected chi connectivity index (χ0v) is 19.6. The summed E-state index contributed by atoms with van der Waals surface area (Å²) in [6.45, 7) is 13.3. The summed E-state index contributed by atoms with van der Waals surface area (Å²) in [5, 5.41) is 9.93. The van der Waals surface area contributed by atoms with Gasteiger partial charge in [0.05, 0.1) is 11.3 Å². The van der Waals surface area contributed by atoms with Crippen LogP contribution in [-0.4, -0.2) is 23.1 Å². The molecule has 1 aliphatic heterocycles. The van der Waals surface area contributed by atoms with Crippen LogP contribution >= 0.6 is 0 Å². The van der Waals surface area contributed by atoms with E-state index in [1.54, 1.807) is 0 Å². The van der Waals surface area contributed by atoms with Gasteiger partial charge in [0, 0.05) is 30.8 Å². The van der Waals surface area contributed by atoms with Gasteiger partial charge in [0.1, 0.15) is 17.7 Å². The number of hydrogen-bond donors (Lipinski definition) is 1. The van der Waals surface area contributed by atoms with Crippen LogP contribution < -0.4 is 10.6 Å². The molecule has 4 rings (SSSR count). The van der Waals surface area contributed by atoms with E-state index in [1.807, 2.05) is 6.07 Å². The van der Waals surface area contributed by atoms with Crippen molar-refractivity contribution >= 4 is 11.5 Å². The fourth-order valence-corrected chi connectivity index (χ4v) is 5.32. The molecule has 0 radical (unpaired) electrons. The second-order valence-corrected chi connectivity index (χ2v) is 10.2. The molecule has 1 fully saturated rings. The normalized spacial score (nSPS) is 20.5. The maximum Gasteiger partial charge on any atom is 0.135 e. The highest BCUT2D eigenvalue weighted by Crippen LogP contribution is 2.43. The fraction of sp³-hybridized carbons (Fsp3) is 0.577. The largest absolute Gasteiger partial charge is 0.398 e. The Bertz CT molecular complexity index is 1030. The van der Waals surface area contributed by atoms with Gasteiger partial charge in [-0.25, -0.2) is 9.97 Å². The van der Waals surface area contributed by atoms with E-state index in [9.17, 15) is 5.26 Å². The van der Waals surface area contributed by atoms with Gasteiger partial charge in [0.25, 0.3) is 0 Å². The zero-order valence-electron chi connectivity index (χ0n) is 19.6. The van der Waals surface area contributed by atoms with Crippen LogP contribution in [0.1, 0.15) is 93.1 Å². The number of aryl methyl sites for hydroxylation is 1. The highest BCUT2D eigenvalue weighted by Gasteiger charge is 2.38. The van der Waals surface area contributed by atoms with Gasteiger partial charge >= 0.3 is 0 Å². The molecule has 164 valence electrons. The van der Waals surface area contributed by atoms with Crippen LogP contribution in [-0.2, 0) is 19.3 Å². The van der Waals surface area contributed by atoms with Crippen LogP contribution in [0, 0.1) is 16.7 Å². The summed E-state index contributed by atoms with van der Waals surface area (Å²) in [4.78, 5) is 12.3. The number of nitrogens with zero attached hydrogens (tertiary/aromatic N) is 4. The SMILES string of the molecule is CCc1nc2c(c(N3CC(C)(C)C3)n1)CCC(c1c(C(C)CC)ccc(N)c1C#N)C2. The Morgan fingerprint density at radius 3 is 2.61 bits per heavy atom. The highest BCUT2D eigenvalue weighted by atomic mass is 15.3. The molecule has 2 heterocycles. The Labute approximate surface area is 186 Å². The van der Waals surface area contributed by atoms with Crippen molar-refractivity contribution in [3.63, 3.8) is 0 Å². The molecule has 31 heavy (non-hydrogen) atoms. The molecule has 1 aliphatic carbocycles. The molecule has 1 aromatic heterocycles. The lowest BCUT2D eigenvalue weighted by Crippen LogP contribution is -2.54. The highest BCUT2D eigenvalue weighted by molar-refractivity contribution is 5.63. The minimum Gasteiger partial charge on any atom is -0.398 e. The van der Waals surface area contributed by atoms with Gasteiger partial charge in [-0.15, -0.1) is 0 Å². The second kappa shape index (κ2) is 8.15. The average Bonchev–Trinajstić information content (AvgIpc) is 2.75. The lowest BCUT2D eigenvalue weighted by atomic mass is 9.76. The molecule has 0 spiro atoms. The van der Waals surface area contributed by atoms with E-state index < -0.39 is 0 Å². The number of anilines is 2. The molecule has 1 aromatic carbocycles. The van der Waals surface area contributed by atoms with Gasteiger partial charge in [-0.3, -0.25) is 0 Å². The third-order valence-electron chi connectivity index (χ3n) is 7.13. The average molecular weight is 418 g/mol. The minimum atomic E-state index is 0.273. The van der Waals surface area contributed by atoms with E-state index in [2.05, 4.69) is 51.7 Å². The quantitative estimate of drug-likeness (QED) is 0.683. The molecule has 0 amide bonds. The first-order chi connectivity index (χ1) is 14.8. The van der Waals surface area contributed by atoms with Gasteiger partial charge in [-0.05, 0) is 60.1 Å². The Morgan fingerprint density at radius 1 is 1.26 bits per heavy atom. The van der Waals surface area contributed by atoms with Gasteiger partial charge in [0.2, 0.25) is 0 Å². The Hall–Kier alpha value is -2.61. The molecule has 2 atom stereocenters. The topological polar surface area (TPSA) is 78.8 Å². The number of nitrogen functional groups attached to an aromatic ring is 1. The molecule has 5 heteroatoms. The van der Waals surface area contributed by atoms with E-state index >= 15 is 0 Å². The number of rotatable bonds is 5. The maximum absolute atomic E-state index is 9.93. The minimum absolute atomic E-state index is 0.273. The summed E-state index contributed by atoms with van der Waals surface area (Å²) < 4.78 is 0. The molecule has 2 unspecified atom stereocenters. The summed E-state index contributed by atoms with van der Waals surface area (Å²) in [6, 6.07) is 6.46. The molecule has 2 N–H and O–H groups in total. The van der Waals surface area contributed by atoms with Crippen LogP contribution in [0.25, 0.3) is 0 Å². The predicted octanol–water partition coefficient (Wildman–Crippen LogP) is 5.13. The van der Waals surface area contributed by atoms with Gasteiger partial charge in [0.15, 0.2) is 0 Å². The summed E-state index contributed by atoms with van der Waals surface area (Å²) >= 11 is 0. The number of nitriles is 1. The van der Waals surface area contributed by atoms with Crippen LogP contribution in [0.3, 0.4) is 0 Å². The van der Waals surface area contributed by atoms with E-state index in [0.717, 1.165) is 62.4 Å². The summed E-state index contributed by atoms with van der Waals surface area (Å²) in [5.74, 6) is 2.75. The summed E-state index contributed by atoms with van der Waals surface area (Å²) in [7, 11) is 0. The number of aromatic nitrogens is 2. The fourth-order valence-electron chi connectivity index (χ4n) is 5.32. The predicted molar refractivity (Wildman–Crippen MR) is 126 cm³/mol. The second-order valence-electron chi connectivity index (χ2n) is 10.2. The molecular formula is C26H35N5. The Balaban J connectivity index is 1.75.